The minimum absolute atomic E-state index is 0.0705. The molecule has 160 valence electrons. The van der Waals surface area contributed by atoms with Gasteiger partial charge in [-0.3, -0.25) is 9.59 Å². The lowest BCUT2D eigenvalue weighted by atomic mass is 10.0. The van der Waals surface area contributed by atoms with Crippen molar-refractivity contribution in [1.82, 2.24) is 10.2 Å². The van der Waals surface area contributed by atoms with Crippen LogP contribution in [0.25, 0.3) is 0 Å². The maximum Gasteiger partial charge on any atom is 0.242 e. The minimum atomic E-state index is -0.608. The van der Waals surface area contributed by atoms with E-state index in [0.717, 1.165) is 26.7 Å². The first-order valence-electron chi connectivity index (χ1n) is 10.3. The van der Waals surface area contributed by atoms with Crippen molar-refractivity contribution in [3.05, 3.63) is 106 Å². The molecule has 0 fully saturated rings. The maximum atomic E-state index is 13.5. The quantitative estimate of drug-likeness (QED) is 0.510. The number of nitrogens with one attached hydrogen (secondary N) is 1. The molecule has 0 saturated heterocycles. The SMILES string of the molecule is CNC(=O)C(Cc1ccccc1)N(Cc1cccc(Br)c1)C(=O)Cc1ccccc1C. The summed E-state index contributed by atoms with van der Waals surface area (Å²) in [6.45, 7) is 2.36. The third-order valence-electron chi connectivity index (χ3n) is 5.36. The van der Waals surface area contributed by atoms with E-state index in [1.807, 2.05) is 85.8 Å². The number of aryl methyl sites for hydroxylation is 1. The van der Waals surface area contributed by atoms with E-state index in [1.54, 1.807) is 11.9 Å². The predicted molar refractivity (Wildman–Crippen MR) is 128 cm³/mol. The summed E-state index contributed by atoms with van der Waals surface area (Å²) < 4.78 is 0.941. The first-order chi connectivity index (χ1) is 15.0. The highest BCUT2D eigenvalue weighted by molar-refractivity contribution is 9.10. The van der Waals surface area contributed by atoms with E-state index >= 15 is 0 Å². The summed E-state index contributed by atoms with van der Waals surface area (Å²) in [7, 11) is 1.61. The van der Waals surface area contributed by atoms with Crippen LogP contribution in [0.15, 0.2) is 83.3 Å². The van der Waals surface area contributed by atoms with Gasteiger partial charge >= 0.3 is 0 Å². The normalized spacial score (nSPS) is 11.6. The molecular formula is C26H27BrN2O2. The van der Waals surface area contributed by atoms with Crippen LogP contribution in [-0.4, -0.2) is 29.8 Å². The number of rotatable bonds is 8. The van der Waals surface area contributed by atoms with Crippen molar-refractivity contribution >= 4 is 27.7 Å². The summed E-state index contributed by atoms with van der Waals surface area (Å²) in [4.78, 5) is 28.2. The molecule has 31 heavy (non-hydrogen) atoms. The van der Waals surface area contributed by atoms with Crippen molar-refractivity contribution in [2.75, 3.05) is 7.05 Å². The number of likely N-dealkylation sites (N-methyl/N-ethyl adjacent to an activating group) is 1. The highest BCUT2D eigenvalue weighted by atomic mass is 79.9. The lowest BCUT2D eigenvalue weighted by Crippen LogP contribution is -2.50. The van der Waals surface area contributed by atoms with Gasteiger partial charge in [0.15, 0.2) is 0 Å². The van der Waals surface area contributed by atoms with Crippen LogP contribution < -0.4 is 5.32 Å². The fourth-order valence-corrected chi connectivity index (χ4v) is 4.07. The van der Waals surface area contributed by atoms with E-state index in [2.05, 4.69) is 21.2 Å². The summed E-state index contributed by atoms with van der Waals surface area (Å²) in [5.74, 6) is -0.240. The van der Waals surface area contributed by atoms with E-state index < -0.39 is 6.04 Å². The summed E-state index contributed by atoms with van der Waals surface area (Å²) in [5.41, 5.74) is 4.02. The Morgan fingerprint density at radius 3 is 2.29 bits per heavy atom. The van der Waals surface area contributed by atoms with Crippen LogP contribution in [0, 0.1) is 6.92 Å². The molecule has 1 unspecified atom stereocenters. The lowest BCUT2D eigenvalue weighted by Gasteiger charge is -2.31. The Balaban J connectivity index is 1.95. The van der Waals surface area contributed by atoms with Crippen molar-refractivity contribution in [2.45, 2.75) is 32.4 Å². The highest BCUT2D eigenvalue weighted by Crippen LogP contribution is 2.19. The largest absolute Gasteiger partial charge is 0.357 e. The third kappa shape index (κ3) is 6.28. The molecule has 0 aliphatic carbocycles. The van der Waals surface area contributed by atoms with Gasteiger partial charge in [-0.1, -0.05) is 82.7 Å². The Labute approximate surface area is 192 Å². The van der Waals surface area contributed by atoms with Crippen molar-refractivity contribution in [3.63, 3.8) is 0 Å². The van der Waals surface area contributed by atoms with E-state index in [0.29, 0.717) is 13.0 Å². The first-order valence-corrected chi connectivity index (χ1v) is 11.1. The van der Waals surface area contributed by atoms with Gasteiger partial charge in [-0.15, -0.1) is 0 Å². The van der Waals surface area contributed by atoms with E-state index in [1.165, 1.54) is 0 Å². The average Bonchev–Trinajstić information content (AvgIpc) is 2.78. The molecular weight excluding hydrogens is 452 g/mol. The molecule has 4 nitrogen and oxygen atoms in total. The minimum Gasteiger partial charge on any atom is -0.357 e. The molecule has 3 aromatic carbocycles. The van der Waals surface area contributed by atoms with E-state index in [4.69, 9.17) is 0 Å². The summed E-state index contributed by atoms with van der Waals surface area (Å²) in [6, 6.07) is 24.9. The third-order valence-corrected chi connectivity index (χ3v) is 5.86. The van der Waals surface area contributed by atoms with Crippen molar-refractivity contribution in [3.8, 4) is 0 Å². The van der Waals surface area contributed by atoms with Gasteiger partial charge in [0.25, 0.3) is 0 Å². The first kappa shape index (κ1) is 22.8. The van der Waals surface area contributed by atoms with Crippen molar-refractivity contribution in [2.24, 2.45) is 0 Å². The van der Waals surface area contributed by atoms with Gasteiger partial charge in [0.05, 0.1) is 6.42 Å². The Hall–Kier alpha value is -2.92. The number of halogens is 1. The molecule has 0 bridgehead atoms. The van der Waals surface area contributed by atoms with Crippen LogP contribution in [0.5, 0.6) is 0 Å². The molecule has 0 aromatic heterocycles. The zero-order valence-corrected chi connectivity index (χ0v) is 19.4. The van der Waals surface area contributed by atoms with E-state index in [9.17, 15) is 9.59 Å². The second-order valence-electron chi connectivity index (χ2n) is 7.57. The maximum absolute atomic E-state index is 13.5. The molecule has 3 aromatic rings. The Morgan fingerprint density at radius 2 is 1.61 bits per heavy atom. The topological polar surface area (TPSA) is 49.4 Å². The number of carbonyl (C=O) groups is 2. The number of hydrogen-bond donors (Lipinski definition) is 1. The smallest absolute Gasteiger partial charge is 0.242 e. The number of carbonyl (C=O) groups excluding carboxylic acids is 2. The summed E-state index contributed by atoms with van der Waals surface area (Å²) in [6.07, 6.45) is 0.705. The molecule has 3 rings (SSSR count). The van der Waals surface area contributed by atoms with Crippen LogP contribution in [0.3, 0.4) is 0 Å². The van der Waals surface area contributed by atoms with Crippen molar-refractivity contribution in [1.29, 1.82) is 0 Å². The number of benzene rings is 3. The van der Waals surface area contributed by atoms with Gasteiger partial charge in [-0.25, -0.2) is 0 Å². The zero-order valence-electron chi connectivity index (χ0n) is 17.8. The van der Waals surface area contributed by atoms with Crippen LogP contribution in [0.4, 0.5) is 0 Å². The Bertz CT molecular complexity index is 1040. The average molecular weight is 479 g/mol. The Kier molecular flexibility index (Phi) is 8.01. The van der Waals surface area contributed by atoms with Gasteiger partial charge in [0.2, 0.25) is 11.8 Å². The standard InChI is InChI=1S/C26H27BrN2O2/c1-19-9-6-7-13-22(19)17-25(30)29(18-21-12-8-14-23(27)15-21)24(26(31)28-2)16-20-10-4-3-5-11-20/h3-15,24H,16-18H2,1-2H3,(H,28,31). The molecule has 2 amide bonds. The second-order valence-corrected chi connectivity index (χ2v) is 8.49. The number of nitrogens with zero attached hydrogens (tertiary/aromatic N) is 1. The molecule has 0 heterocycles. The molecule has 0 saturated carbocycles. The zero-order chi connectivity index (χ0) is 22.2. The van der Waals surface area contributed by atoms with Gasteiger partial charge in [-0.05, 0) is 41.3 Å². The van der Waals surface area contributed by atoms with Crippen molar-refractivity contribution < 1.29 is 9.59 Å². The molecule has 1 atom stereocenters. The van der Waals surface area contributed by atoms with Crippen LogP contribution >= 0.6 is 15.9 Å². The fraction of sp³-hybridized carbons (Fsp3) is 0.231. The van der Waals surface area contributed by atoms with E-state index in [-0.39, 0.29) is 18.2 Å². The molecule has 1 N–H and O–H groups in total. The molecule has 5 heteroatoms. The number of hydrogen-bond acceptors (Lipinski definition) is 2. The highest BCUT2D eigenvalue weighted by Gasteiger charge is 2.30. The van der Waals surface area contributed by atoms with Gasteiger partial charge < -0.3 is 10.2 Å². The molecule has 0 aliphatic heterocycles. The van der Waals surface area contributed by atoms with Gasteiger partial charge in [-0.2, -0.15) is 0 Å². The monoisotopic (exact) mass is 478 g/mol. The lowest BCUT2D eigenvalue weighted by molar-refractivity contribution is -0.140. The van der Waals surface area contributed by atoms with Gasteiger partial charge in [0.1, 0.15) is 6.04 Å². The predicted octanol–water partition coefficient (Wildman–Crippen LogP) is 4.69. The Morgan fingerprint density at radius 1 is 0.935 bits per heavy atom. The molecule has 0 spiro atoms. The molecule has 0 aliphatic rings. The summed E-state index contributed by atoms with van der Waals surface area (Å²) in [5, 5.41) is 2.75. The van der Waals surface area contributed by atoms with Crippen LogP contribution in [0.2, 0.25) is 0 Å². The fourth-order valence-electron chi connectivity index (χ4n) is 3.63. The van der Waals surface area contributed by atoms with Crippen LogP contribution in [0.1, 0.15) is 22.3 Å². The van der Waals surface area contributed by atoms with Gasteiger partial charge in [0, 0.05) is 24.5 Å². The molecule has 0 radical (unpaired) electrons. The summed E-state index contributed by atoms with van der Waals surface area (Å²) >= 11 is 3.50. The number of amides is 2. The second kappa shape index (κ2) is 10.9. The van der Waals surface area contributed by atoms with Crippen LogP contribution in [-0.2, 0) is 29.0 Å².